The second kappa shape index (κ2) is 7.07. The number of hydrogen-bond donors (Lipinski definition) is 1. The molecule has 25 heavy (non-hydrogen) atoms. The van der Waals surface area contributed by atoms with E-state index in [4.69, 9.17) is 0 Å². The summed E-state index contributed by atoms with van der Waals surface area (Å²) in [5.74, 6) is -0.387. The first-order valence-electron chi connectivity index (χ1n) is 8.02. The van der Waals surface area contributed by atoms with Gasteiger partial charge in [0.05, 0.1) is 10.2 Å². The number of halogens is 3. The summed E-state index contributed by atoms with van der Waals surface area (Å²) in [7, 11) is 1.74. The Kier molecular flexibility index (Phi) is 5.03. The molecule has 1 fully saturated rings. The van der Waals surface area contributed by atoms with E-state index in [0.717, 1.165) is 32.1 Å². The predicted octanol–water partition coefficient (Wildman–Crippen LogP) is 3.65. The van der Waals surface area contributed by atoms with Gasteiger partial charge in [-0.15, -0.1) is 18.3 Å². The van der Waals surface area contributed by atoms with E-state index in [1.807, 2.05) is 0 Å². The second-order valence-electron chi connectivity index (χ2n) is 6.04. The van der Waals surface area contributed by atoms with E-state index in [1.54, 1.807) is 11.6 Å². The molecule has 0 atom stereocenters. The molecule has 136 valence electrons. The van der Waals surface area contributed by atoms with Crippen LogP contribution in [0.1, 0.15) is 32.1 Å². The Balaban J connectivity index is 1.81. The van der Waals surface area contributed by atoms with Crippen LogP contribution in [0.15, 0.2) is 23.3 Å². The molecule has 3 rings (SSSR count). The fraction of sp³-hybridized carbons (Fsp3) is 0.500. The summed E-state index contributed by atoms with van der Waals surface area (Å²) < 4.78 is 43.2. The number of alkyl halides is 3. The number of aromatic nitrogens is 1. The van der Waals surface area contributed by atoms with Crippen molar-refractivity contribution >= 4 is 27.5 Å². The first-order valence-corrected chi connectivity index (χ1v) is 8.84. The zero-order valence-corrected chi connectivity index (χ0v) is 14.4. The van der Waals surface area contributed by atoms with Gasteiger partial charge in [-0.1, -0.05) is 30.6 Å². The van der Waals surface area contributed by atoms with Crippen molar-refractivity contribution in [1.82, 2.24) is 9.99 Å². The Bertz CT molecular complexity index is 835. The van der Waals surface area contributed by atoms with Crippen LogP contribution in [0.5, 0.6) is 5.75 Å². The van der Waals surface area contributed by atoms with Crippen LogP contribution in [0.2, 0.25) is 0 Å². The van der Waals surface area contributed by atoms with E-state index >= 15 is 0 Å². The van der Waals surface area contributed by atoms with E-state index < -0.39 is 6.36 Å². The summed E-state index contributed by atoms with van der Waals surface area (Å²) >= 11 is 1.19. The Hall–Kier alpha value is -2.03. The smallest absolute Gasteiger partial charge is 0.406 e. The first-order chi connectivity index (χ1) is 11.8. The molecular formula is C16H18F3N3O2S. The van der Waals surface area contributed by atoms with Gasteiger partial charge in [0.15, 0.2) is 0 Å². The molecule has 9 heteroatoms. The number of rotatable bonds is 3. The number of ether oxygens (including phenoxy) is 1. The molecule has 1 aromatic carbocycles. The molecule has 0 spiro atoms. The Labute approximate surface area is 146 Å². The van der Waals surface area contributed by atoms with Gasteiger partial charge in [0.2, 0.25) is 10.7 Å². The monoisotopic (exact) mass is 373 g/mol. The molecule has 0 aliphatic heterocycles. The van der Waals surface area contributed by atoms with Crippen LogP contribution in [0, 0.1) is 5.92 Å². The zero-order valence-electron chi connectivity index (χ0n) is 13.6. The minimum absolute atomic E-state index is 0.0102. The highest BCUT2D eigenvalue weighted by Crippen LogP contribution is 2.27. The normalized spacial score (nSPS) is 17.0. The maximum Gasteiger partial charge on any atom is 0.573 e. The van der Waals surface area contributed by atoms with Gasteiger partial charge in [0, 0.05) is 13.0 Å². The van der Waals surface area contributed by atoms with E-state index in [2.05, 4.69) is 15.3 Å². The number of benzene rings is 1. The summed E-state index contributed by atoms with van der Waals surface area (Å²) in [5.41, 5.74) is 3.30. The third-order valence-electron chi connectivity index (χ3n) is 4.25. The van der Waals surface area contributed by atoms with Gasteiger partial charge >= 0.3 is 6.36 Å². The molecule has 1 heterocycles. The lowest BCUT2D eigenvalue weighted by molar-refractivity contribution is -0.274. The average molecular weight is 373 g/mol. The molecule has 1 saturated carbocycles. The number of fused-ring (bicyclic) bond motifs is 1. The van der Waals surface area contributed by atoms with Gasteiger partial charge in [-0.05, 0) is 31.0 Å². The fourth-order valence-corrected chi connectivity index (χ4v) is 3.98. The van der Waals surface area contributed by atoms with Crippen LogP contribution in [0.3, 0.4) is 0 Å². The number of carbonyl (C=O) groups excluding carboxylic acids is 1. The van der Waals surface area contributed by atoms with Crippen molar-refractivity contribution in [1.29, 1.82) is 0 Å². The van der Waals surface area contributed by atoms with Crippen molar-refractivity contribution in [2.24, 2.45) is 18.1 Å². The lowest BCUT2D eigenvalue weighted by Crippen LogP contribution is -2.30. The third kappa shape index (κ3) is 4.33. The molecule has 0 bridgehead atoms. The molecule has 1 amide bonds. The quantitative estimate of drug-likeness (QED) is 0.835. The van der Waals surface area contributed by atoms with Crippen molar-refractivity contribution in [2.45, 2.75) is 38.5 Å². The summed E-state index contributed by atoms with van der Waals surface area (Å²) in [6.07, 6.45) is 0.284. The van der Waals surface area contributed by atoms with E-state index in [0.29, 0.717) is 15.0 Å². The molecular weight excluding hydrogens is 355 g/mol. The van der Waals surface area contributed by atoms with Gasteiger partial charge in [0.25, 0.3) is 0 Å². The molecule has 0 saturated heterocycles. The maximum atomic E-state index is 12.3. The zero-order chi connectivity index (χ0) is 18.0. The summed E-state index contributed by atoms with van der Waals surface area (Å²) in [5, 5.41) is 4.14. The highest BCUT2D eigenvalue weighted by Gasteiger charge is 2.31. The minimum atomic E-state index is -4.73. The highest BCUT2D eigenvalue weighted by atomic mass is 32.1. The second-order valence-corrected chi connectivity index (χ2v) is 7.05. The number of aryl methyl sites for hydroxylation is 1. The van der Waals surface area contributed by atoms with Crippen LogP contribution in [-0.4, -0.2) is 16.8 Å². The number of thiazole rings is 1. The van der Waals surface area contributed by atoms with Gasteiger partial charge < -0.3 is 9.30 Å². The van der Waals surface area contributed by atoms with E-state index in [-0.39, 0.29) is 17.6 Å². The molecule has 5 nitrogen and oxygen atoms in total. The average Bonchev–Trinajstić information content (AvgIpc) is 2.87. The first kappa shape index (κ1) is 17.8. The molecule has 0 unspecified atom stereocenters. The molecule has 1 aromatic heterocycles. The molecule has 1 N–H and O–H groups in total. The highest BCUT2D eigenvalue weighted by molar-refractivity contribution is 7.16. The van der Waals surface area contributed by atoms with Crippen molar-refractivity contribution in [3.8, 4) is 5.75 Å². The maximum absolute atomic E-state index is 12.3. The third-order valence-corrected chi connectivity index (χ3v) is 5.35. The van der Waals surface area contributed by atoms with Crippen molar-refractivity contribution in [2.75, 3.05) is 0 Å². The van der Waals surface area contributed by atoms with Gasteiger partial charge in [-0.3, -0.25) is 4.79 Å². The Morgan fingerprint density at radius 3 is 2.72 bits per heavy atom. The van der Waals surface area contributed by atoms with Crippen molar-refractivity contribution in [3.05, 3.63) is 23.0 Å². The Morgan fingerprint density at radius 2 is 2.04 bits per heavy atom. The minimum Gasteiger partial charge on any atom is -0.406 e. The summed E-state index contributed by atoms with van der Waals surface area (Å²) in [4.78, 5) is 12.7. The van der Waals surface area contributed by atoms with Crippen LogP contribution < -0.4 is 15.0 Å². The Morgan fingerprint density at radius 1 is 1.32 bits per heavy atom. The number of carbonyl (C=O) groups is 1. The van der Waals surface area contributed by atoms with Crippen LogP contribution in [-0.2, 0) is 11.8 Å². The number of nitrogens with zero attached hydrogens (tertiary/aromatic N) is 2. The lowest BCUT2D eigenvalue weighted by atomic mass is 9.89. The largest absolute Gasteiger partial charge is 0.573 e. The molecule has 1 aliphatic carbocycles. The van der Waals surface area contributed by atoms with Crippen molar-refractivity contribution in [3.63, 3.8) is 0 Å². The van der Waals surface area contributed by atoms with Crippen LogP contribution in [0.4, 0.5) is 13.2 Å². The van der Waals surface area contributed by atoms with E-state index in [9.17, 15) is 18.0 Å². The molecule has 0 radical (unpaired) electrons. The van der Waals surface area contributed by atoms with Gasteiger partial charge in [-0.25, -0.2) is 5.43 Å². The van der Waals surface area contributed by atoms with Gasteiger partial charge in [0.1, 0.15) is 5.75 Å². The number of nitrogens with one attached hydrogen (secondary N) is 1. The fourth-order valence-electron chi connectivity index (χ4n) is 2.98. The standard InChI is InChI=1S/C16H18F3N3O2S/c1-22-12-8-7-11(24-16(17,18)19)9-13(12)25-15(22)21-20-14(23)10-5-3-2-4-6-10/h7-10H,2-6H2,1H3,(H,20,23)/b21-15+. The van der Waals surface area contributed by atoms with Crippen LogP contribution >= 0.6 is 11.3 Å². The van der Waals surface area contributed by atoms with Crippen LogP contribution in [0.25, 0.3) is 10.2 Å². The lowest BCUT2D eigenvalue weighted by Gasteiger charge is -2.19. The summed E-state index contributed by atoms with van der Waals surface area (Å²) in [6, 6.07) is 4.11. The molecule has 2 aromatic rings. The number of hydrogen-bond acceptors (Lipinski definition) is 4. The summed E-state index contributed by atoms with van der Waals surface area (Å²) in [6.45, 7) is 0. The van der Waals surface area contributed by atoms with E-state index in [1.165, 1.54) is 29.5 Å². The number of amides is 1. The predicted molar refractivity (Wildman–Crippen MR) is 87.8 cm³/mol. The van der Waals surface area contributed by atoms with Crippen molar-refractivity contribution < 1.29 is 22.7 Å². The SMILES string of the molecule is Cn1/c(=N\NC(=O)C2CCCCC2)sc2cc(OC(F)(F)F)ccc21. The topological polar surface area (TPSA) is 55.6 Å². The molecule has 1 aliphatic rings. The van der Waals surface area contributed by atoms with Gasteiger partial charge in [-0.2, -0.15) is 0 Å².